The minimum Gasteiger partial charge on any atom is -0.378 e. The van der Waals surface area contributed by atoms with Gasteiger partial charge >= 0.3 is 6.55 Å². The van der Waals surface area contributed by atoms with Crippen molar-refractivity contribution in [2.24, 2.45) is 0 Å². The number of fused-ring (bicyclic) bond motifs is 1. The highest BCUT2D eigenvalue weighted by atomic mass is 32.2. The molecule has 0 atom stereocenters. The highest BCUT2D eigenvalue weighted by Crippen LogP contribution is 2.29. The van der Waals surface area contributed by atoms with Crippen LogP contribution in [0.2, 0.25) is 0 Å². The van der Waals surface area contributed by atoms with Gasteiger partial charge in [0, 0.05) is 13.1 Å². The number of amides is 1. The van der Waals surface area contributed by atoms with Crippen molar-refractivity contribution in [2.75, 3.05) is 32.1 Å². The Morgan fingerprint density at radius 2 is 2.05 bits per heavy atom. The third-order valence-electron chi connectivity index (χ3n) is 3.45. The number of alkyl halides is 2. The summed E-state index contributed by atoms with van der Waals surface area (Å²) < 4.78 is 32.6. The number of carbonyl (C=O) groups is 1. The lowest BCUT2D eigenvalue weighted by Gasteiger charge is -2.26. The Kier molecular flexibility index (Phi) is 4.58. The van der Waals surface area contributed by atoms with Gasteiger partial charge in [-0.05, 0) is 12.1 Å². The number of hydrogen-bond donors (Lipinski definition) is 0. The van der Waals surface area contributed by atoms with E-state index in [9.17, 15) is 13.6 Å². The number of thioether (sulfide) groups is 1. The second kappa shape index (κ2) is 6.62. The summed E-state index contributed by atoms with van der Waals surface area (Å²) in [5.74, 6) is 0.0110. The third-order valence-corrected chi connectivity index (χ3v) is 4.38. The Bertz CT molecular complexity index is 671. The van der Waals surface area contributed by atoms with Crippen LogP contribution in [0.4, 0.5) is 8.78 Å². The molecule has 1 saturated heterocycles. The number of rotatable bonds is 4. The van der Waals surface area contributed by atoms with Crippen LogP contribution in [0.25, 0.3) is 11.0 Å². The van der Waals surface area contributed by atoms with Crippen LogP contribution in [-0.4, -0.2) is 52.4 Å². The SMILES string of the molecule is O=C(CSc1nc2ccccc2n1C(F)F)N1CCOCC1. The number of nitrogens with zero attached hydrogens (tertiary/aromatic N) is 3. The first kappa shape index (κ1) is 15.2. The molecule has 8 heteroatoms. The van der Waals surface area contributed by atoms with Gasteiger partial charge in [-0.25, -0.2) is 4.98 Å². The van der Waals surface area contributed by atoms with Crippen LogP contribution in [-0.2, 0) is 9.53 Å². The topological polar surface area (TPSA) is 47.4 Å². The summed E-state index contributed by atoms with van der Waals surface area (Å²) in [6, 6.07) is 6.72. The van der Waals surface area contributed by atoms with Crippen LogP contribution in [0, 0.1) is 0 Å². The monoisotopic (exact) mass is 327 g/mol. The first-order valence-corrected chi connectivity index (χ1v) is 7.89. The van der Waals surface area contributed by atoms with E-state index >= 15 is 0 Å². The van der Waals surface area contributed by atoms with Crippen molar-refractivity contribution in [1.29, 1.82) is 0 Å². The summed E-state index contributed by atoms with van der Waals surface area (Å²) in [6.45, 7) is -0.555. The highest BCUT2D eigenvalue weighted by Gasteiger charge is 2.21. The maximum Gasteiger partial charge on any atom is 0.321 e. The Balaban J connectivity index is 1.75. The number of hydrogen-bond acceptors (Lipinski definition) is 4. The molecule has 118 valence electrons. The molecule has 2 aromatic rings. The van der Waals surface area contributed by atoms with E-state index in [1.165, 1.54) is 0 Å². The Labute approximate surface area is 130 Å². The molecule has 1 amide bonds. The maximum absolute atomic E-state index is 13.3. The number of imidazole rings is 1. The fourth-order valence-electron chi connectivity index (χ4n) is 2.34. The highest BCUT2D eigenvalue weighted by molar-refractivity contribution is 7.99. The second-order valence-corrected chi connectivity index (χ2v) is 5.76. The van der Waals surface area contributed by atoms with Crippen molar-refractivity contribution in [2.45, 2.75) is 11.7 Å². The van der Waals surface area contributed by atoms with Gasteiger partial charge in [0.1, 0.15) is 0 Å². The molecule has 5 nitrogen and oxygen atoms in total. The summed E-state index contributed by atoms with van der Waals surface area (Å²) >= 11 is 1.04. The van der Waals surface area contributed by atoms with Gasteiger partial charge in [0.05, 0.1) is 30.0 Å². The van der Waals surface area contributed by atoms with E-state index in [2.05, 4.69) is 4.98 Å². The summed E-state index contributed by atoms with van der Waals surface area (Å²) in [4.78, 5) is 18.0. The molecule has 0 saturated carbocycles. The van der Waals surface area contributed by atoms with Crippen LogP contribution in [0.1, 0.15) is 6.55 Å². The fourth-order valence-corrected chi connectivity index (χ4v) is 3.26. The molecule has 1 aromatic heterocycles. The first-order valence-electron chi connectivity index (χ1n) is 6.90. The lowest BCUT2D eigenvalue weighted by Crippen LogP contribution is -2.41. The van der Waals surface area contributed by atoms with Crippen molar-refractivity contribution in [3.05, 3.63) is 24.3 Å². The Morgan fingerprint density at radius 1 is 1.32 bits per heavy atom. The molecule has 0 radical (unpaired) electrons. The van der Waals surface area contributed by atoms with Crippen molar-refractivity contribution in [3.8, 4) is 0 Å². The number of carbonyl (C=O) groups excluding carboxylic acids is 1. The summed E-state index contributed by atoms with van der Waals surface area (Å²) in [7, 11) is 0. The van der Waals surface area contributed by atoms with E-state index in [1.807, 2.05) is 0 Å². The zero-order valence-electron chi connectivity index (χ0n) is 11.7. The molecule has 22 heavy (non-hydrogen) atoms. The van der Waals surface area contributed by atoms with E-state index in [0.29, 0.717) is 37.3 Å². The molecular formula is C14H15F2N3O2S. The lowest BCUT2D eigenvalue weighted by molar-refractivity contribution is -0.132. The average molecular weight is 327 g/mol. The first-order chi connectivity index (χ1) is 10.7. The molecule has 0 unspecified atom stereocenters. The normalized spacial score (nSPS) is 15.7. The van der Waals surface area contributed by atoms with Crippen LogP contribution >= 0.6 is 11.8 Å². The van der Waals surface area contributed by atoms with Crippen molar-refractivity contribution in [3.63, 3.8) is 0 Å². The minimum absolute atomic E-state index is 0.0822. The predicted octanol–water partition coefficient (Wildman–Crippen LogP) is 2.38. The number of para-hydroxylation sites is 2. The van der Waals surface area contributed by atoms with E-state index in [-0.39, 0.29) is 16.8 Å². The van der Waals surface area contributed by atoms with E-state index in [0.717, 1.165) is 16.3 Å². The van der Waals surface area contributed by atoms with Crippen LogP contribution in [0.15, 0.2) is 29.4 Å². The number of morpholine rings is 1. The van der Waals surface area contributed by atoms with Crippen LogP contribution < -0.4 is 0 Å². The molecule has 1 fully saturated rings. The van der Waals surface area contributed by atoms with Crippen LogP contribution in [0.3, 0.4) is 0 Å². The predicted molar refractivity (Wildman–Crippen MR) is 79.1 cm³/mol. The van der Waals surface area contributed by atoms with Crippen LogP contribution in [0.5, 0.6) is 0 Å². The van der Waals surface area contributed by atoms with Gasteiger partial charge in [0.15, 0.2) is 5.16 Å². The molecule has 0 spiro atoms. The molecule has 1 aromatic carbocycles. The molecule has 1 aliphatic rings. The largest absolute Gasteiger partial charge is 0.378 e. The van der Waals surface area contributed by atoms with Gasteiger partial charge in [-0.2, -0.15) is 8.78 Å². The fraction of sp³-hybridized carbons (Fsp3) is 0.429. The molecule has 0 N–H and O–H groups in total. The molecule has 2 heterocycles. The van der Waals surface area contributed by atoms with E-state index < -0.39 is 6.55 Å². The minimum atomic E-state index is -2.69. The van der Waals surface area contributed by atoms with Crippen molar-refractivity contribution >= 4 is 28.7 Å². The number of halogens is 2. The van der Waals surface area contributed by atoms with Gasteiger partial charge in [0.2, 0.25) is 5.91 Å². The average Bonchev–Trinajstić information content (AvgIpc) is 2.92. The van der Waals surface area contributed by atoms with Gasteiger partial charge < -0.3 is 9.64 Å². The molecular weight excluding hydrogens is 312 g/mol. The zero-order valence-corrected chi connectivity index (χ0v) is 12.6. The van der Waals surface area contributed by atoms with Crippen molar-refractivity contribution in [1.82, 2.24) is 14.5 Å². The lowest BCUT2D eigenvalue weighted by atomic mass is 10.3. The van der Waals surface area contributed by atoms with Gasteiger partial charge in [0.25, 0.3) is 0 Å². The summed E-state index contributed by atoms with van der Waals surface area (Å²) in [6.07, 6.45) is 0. The number of benzene rings is 1. The summed E-state index contributed by atoms with van der Waals surface area (Å²) in [5.41, 5.74) is 0.878. The zero-order chi connectivity index (χ0) is 15.5. The number of ether oxygens (including phenoxy) is 1. The molecule has 0 bridgehead atoms. The second-order valence-electron chi connectivity index (χ2n) is 4.81. The molecule has 0 aliphatic carbocycles. The third kappa shape index (κ3) is 3.07. The van der Waals surface area contributed by atoms with E-state index in [1.54, 1.807) is 29.2 Å². The number of aromatic nitrogens is 2. The van der Waals surface area contributed by atoms with Gasteiger partial charge in [-0.3, -0.25) is 9.36 Å². The van der Waals surface area contributed by atoms with Gasteiger partial charge in [-0.15, -0.1) is 0 Å². The molecule has 1 aliphatic heterocycles. The van der Waals surface area contributed by atoms with Gasteiger partial charge in [-0.1, -0.05) is 23.9 Å². The van der Waals surface area contributed by atoms with E-state index in [4.69, 9.17) is 4.74 Å². The Morgan fingerprint density at radius 3 is 2.77 bits per heavy atom. The standard InChI is InChI=1S/C14H15F2N3O2S/c15-13(16)19-11-4-2-1-3-10(11)17-14(19)22-9-12(20)18-5-7-21-8-6-18/h1-4,13H,5-9H2. The Hall–Kier alpha value is -1.67. The molecule has 3 rings (SSSR count). The summed E-state index contributed by atoms with van der Waals surface area (Å²) in [5, 5.41) is 0.165. The van der Waals surface area contributed by atoms with Crippen molar-refractivity contribution < 1.29 is 18.3 Å². The smallest absolute Gasteiger partial charge is 0.321 e. The maximum atomic E-state index is 13.3. The quantitative estimate of drug-likeness (QED) is 0.809.